The molecule has 0 atom stereocenters. The van der Waals surface area contributed by atoms with Gasteiger partial charge in [-0.1, -0.05) is 159 Å². The SMILES string of the molecule is CCc1cc(Nc2ccc(-c3cc4cccc(-c5c(C)c(-c6ccc(Nc7ccc(-c8ccccc8)c(CC)c7)cc6)cc6ccccc56)c4cc3C)cc2)ccc1-c1ccccc1. The Hall–Kier alpha value is -7.68. The van der Waals surface area contributed by atoms with Gasteiger partial charge in [-0.25, -0.2) is 0 Å². The average Bonchev–Trinajstić information content (AvgIpc) is 3.34. The predicted molar refractivity (Wildman–Crippen MR) is 276 cm³/mol. The second-order valence-electron chi connectivity index (χ2n) is 16.9. The molecule has 10 aromatic rings. The minimum Gasteiger partial charge on any atom is -0.356 e. The molecule has 0 saturated carbocycles. The Balaban J connectivity index is 0.937. The van der Waals surface area contributed by atoms with Gasteiger partial charge in [0.15, 0.2) is 0 Å². The summed E-state index contributed by atoms with van der Waals surface area (Å²) in [6, 6.07) is 75.3. The van der Waals surface area contributed by atoms with Gasteiger partial charge in [0.2, 0.25) is 0 Å². The standard InChI is InChI=1S/C62H52N2/c1-5-43-37-53(32-34-55(43)45-16-9-7-10-17-45)63-51-28-24-47(25-29-51)59-39-50-21-15-23-58(61(50)36-41(59)3)62-42(4)60(40-49-20-13-14-22-57(49)62)48-26-30-52(31-27-48)64-54-33-35-56(44(6-2)38-54)46-18-11-8-12-19-46/h7-40,63-64H,5-6H2,1-4H3. The van der Waals surface area contributed by atoms with Crippen LogP contribution >= 0.6 is 0 Å². The number of nitrogens with one attached hydrogen (secondary N) is 2. The van der Waals surface area contributed by atoms with Crippen LogP contribution in [0.5, 0.6) is 0 Å². The molecule has 0 aliphatic rings. The zero-order valence-corrected chi connectivity index (χ0v) is 37.0. The normalized spacial score (nSPS) is 11.2. The summed E-state index contributed by atoms with van der Waals surface area (Å²) >= 11 is 0. The third-order valence-electron chi connectivity index (χ3n) is 12.9. The van der Waals surface area contributed by atoms with Gasteiger partial charge < -0.3 is 10.6 Å². The topological polar surface area (TPSA) is 24.1 Å². The van der Waals surface area contributed by atoms with Gasteiger partial charge in [-0.15, -0.1) is 0 Å². The zero-order chi connectivity index (χ0) is 43.6. The Morgan fingerprint density at radius 1 is 0.328 bits per heavy atom. The minimum absolute atomic E-state index is 0.970. The molecule has 2 heteroatoms. The average molecular weight is 825 g/mol. The van der Waals surface area contributed by atoms with Gasteiger partial charge in [0.25, 0.3) is 0 Å². The molecule has 310 valence electrons. The van der Waals surface area contributed by atoms with Crippen LogP contribution in [0.1, 0.15) is 36.1 Å². The lowest BCUT2D eigenvalue weighted by Crippen LogP contribution is -1.95. The summed E-state index contributed by atoms with van der Waals surface area (Å²) in [7, 11) is 0. The second kappa shape index (κ2) is 17.6. The summed E-state index contributed by atoms with van der Waals surface area (Å²) in [5, 5.41) is 12.3. The van der Waals surface area contributed by atoms with Crippen molar-refractivity contribution in [2.75, 3.05) is 10.6 Å². The Labute approximate surface area is 377 Å². The Bertz CT molecular complexity index is 3270. The molecule has 0 unspecified atom stereocenters. The summed E-state index contributed by atoms with van der Waals surface area (Å²) < 4.78 is 0. The fraction of sp³-hybridized carbons (Fsp3) is 0.0968. The zero-order valence-electron chi connectivity index (χ0n) is 37.0. The van der Waals surface area contributed by atoms with Crippen LogP contribution in [-0.4, -0.2) is 0 Å². The molecule has 0 aliphatic heterocycles. The molecule has 10 rings (SSSR count). The highest BCUT2D eigenvalue weighted by Gasteiger charge is 2.17. The third kappa shape index (κ3) is 7.96. The lowest BCUT2D eigenvalue weighted by molar-refractivity contribution is 1.14. The molecule has 0 aliphatic carbocycles. The predicted octanol–water partition coefficient (Wildman–Crippen LogP) is 17.6. The first-order valence-corrected chi connectivity index (χ1v) is 22.6. The van der Waals surface area contributed by atoms with Crippen molar-refractivity contribution >= 4 is 44.3 Å². The summed E-state index contributed by atoms with van der Waals surface area (Å²) in [5.41, 5.74) is 22.1. The van der Waals surface area contributed by atoms with Crippen LogP contribution in [0, 0.1) is 13.8 Å². The monoisotopic (exact) mass is 824 g/mol. The number of anilines is 4. The van der Waals surface area contributed by atoms with E-state index < -0.39 is 0 Å². The van der Waals surface area contributed by atoms with Gasteiger partial charge in [-0.05, 0) is 187 Å². The van der Waals surface area contributed by atoms with Crippen LogP contribution in [0.4, 0.5) is 22.7 Å². The second-order valence-corrected chi connectivity index (χ2v) is 16.9. The maximum atomic E-state index is 3.68. The highest BCUT2D eigenvalue weighted by Crippen LogP contribution is 2.43. The molecule has 64 heavy (non-hydrogen) atoms. The minimum atomic E-state index is 0.970. The summed E-state index contributed by atoms with van der Waals surface area (Å²) in [6.45, 7) is 8.99. The van der Waals surface area contributed by atoms with E-state index in [0.29, 0.717) is 0 Å². The van der Waals surface area contributed by atoms with E-state index in [1.165, 1.54) is 99.4 Å². The third-order valence-corrected chi connectivity index (χ3v) is 12.9. The van der Waals surface area contributed by atoms with Crippen molar-refractivity contribution in [2.45, 2.75) is 40.5 Å². The number of aryl methyl sites for hydroxylation is 3. The molecule has 0 radical (unpaired) electrons. The fourth-order valence-electron chi connectivity index (χ4n) is 9.59. The summed E-state index contributed by atoms with van der Waals surface area (Å²) in [4.78, 5) is 0. The van der Waals surface area contributed by atoms with Crippen molar-refractivity contribution in [3.8, 4) is 55.6 Å². The van der Waals surface area contributed by atoms with Crippen LogP contribution in [0.15, 0.2) is 206 Å². The number of rotatable bonds is 11. The van der Waals surface area contributed by atoms with Crippen LogP contribution in [0.25, 0.3) is 77.2 Å². The van der Waals surface area contributed by atoms with Gasteiger partial charge in [0.1, 0.15) is 0 Å². The highest BCUT2D eigenvalue weighted by molar-refractivity contribution is 6.09. The smallest absolute Gasteiger partial charge is 0.0387 e. The van der Waals surface area contributed by atoms with Crippen LogP contribution in [0.2, 0.25) is 0 Å². The number of benzene rings is 10. The lowest BCUT2D eigenvalue weighted by Gasteiger charge is -2.19. The molecule has 2 N–H and O–H groups in total. The molecule has 0 fully saturated rings. The van der Waals surface area contributed by atoms with Crippen LogP contribution < -0.4 is 10.6 Å². The fourth-order valence-corrected chi connectivity index (χ4v) is 9.59. The molecular weight excluding hydrogens is 773 g/mol. The molecule has 0 amide bonds. The van der Waals surface area contributed by atoms with E-state index in [2.05, 4.69) is 245 Å². The van der Waals surface area contributed by atoms with Gasteiger partial charge in [0.05, 0.1) is 0 Å². The summed E-state index contributed by atoms with van der Waals surface area (Å²) in [5.74, 6) is 0. The summed E-state index contributed by atoms with van der Waals surface area (Å²) in [6.07, 6.45) is 1.94. The molecule has 0 heterocycles. The molecule has 0 saturated heterocycles. The van der Waals surface area contributed by atoms with Crippen molar-refractivity contribution in [3.63, 3.8) is 0 Å². The van der Waals surface area contributed by atoms with E-state index in [1.54, 1.807) is 0 Å². The van der Waals surface area contributed by atoms with Crippen LogP contribution in [-0.2, 0) is 12.8 Å². The van der Waals surface area contributed by atoms with Gasteiger partial charge in [0, 0.05) is 22.7 Å². The van der Waals surface area contributed by atoms with E-state index in [9.17, 15) is 0 Å². The van der Waals surface area contributed by atoms with Gasteiger partial charge >= 0.3 is 0 Å². The Kier molecular flexibility index (Phi) is 11.1. The molecule has 0 spiro atoms. The van der Waals surface area contributed by atoms with Crippen molar-refractivity contribution in [1.82, 2.24) is 0 Å². The Morgan fingerprint density at radius 2 is 0.781 bits per heavy atom. The van der Waals surface area contributed by atoms with Gasteiger partial charge in [-0.3, -0.25) is 0 Å². The quantitative estimate of drug-likeness (QED) is 0.136. The van der Waals surface area contributed by atoms with Crippen molar-refractivity contribution in [3.05, 3.63) is 229 Å². The van der Waals surface area contributed by atoms with E-state index in [0.717, 1.165) is 35.6 Å². The number of hydrogen-bond acceptors (Lipinski definition) is 2. The maximum absolute atomic E-state index is 3.68. The first-order valence-electron chi connectivity index (χ1n) is 22.6. The number of hydrogen-bond donors (Lipinski definition) is 2. The van der Waals surface area contributed by atoms with Crippen molar-refractivity contribution in [1.29, 1.82) is 0 Å². The molecular formula is C62H52N2. The number of fused-ring (bicyclic) bond motifs is 2. The lowest BCUT2D eigenvalue weighted by atomic mass is 9.85. The largest absolute Gasteiger partial charge is 0.356 e. The molecule has 10 aromatic carbocycles. The first kappa shape index (κ1) is 40.4. The van der Waals surface area contributed by atoms with Gasteiger partial charge in [-0.2, -0.15) is 0 Å². The van der Waals surface area contributed by atoms with Crippen molar-refractivity contribution < 1.29 is 0 Å². The van der Waals surface area contributed by atoms with E-state index in [4.69, 9.17) is 0 Å². The first-order chi connectivity index (χ1) is 31.4. The molecule has 2 nitrogen and oxygen atoms in total. The highest BCUT2D eigenvalue weighted by atomic mass is 14.9. The maximum Gasteiger partial charge on any atom is 0.0387 e. The van der Waals surface area contributed by atoms with E-state index >= 15 is 0 Å². The Morgan fingerprint density at radius 3 is 1.34 bits per heavy atom. The molecule has 0 bridgehead atoms. The molecule has 0 aromatic heterocycles. The van der Waals surface area contributed by atoms with E-state index in [-0.39, 0.29) is 0 Å². The van der Waals surface area contributed by atoms with Crippen LogP contribution in [0.3, 0.4) is 0 Å². The van der Waals surface area contributed by atoms with Crippen molar-refractivity contribution in [2.24, 2.45) is 0 Å². The van der Waals surface area contributed by atoms with E-state index in [1.807, 2.05) is 0 Å².